The molecule has 4 aromatic carbocycles. The Hall–Kier alpha value is -10.8. The van der Waals surface area contributed by atoms with Crippen LogP contribution in [-0.2, 0) is 63.8 Å². The zero-order valence-corrected chi connectivity index (χ0v) is 77.7. The largest absolute Gasteiger partial charge is 0.508 e. The standard InChI is InChI=1S/C17H16O4.C14H18N2O2.C14H19NO2.C11H14O.C10H16O4.C8H15NO3.C8H20N.C8H12O3.C7H15NO/c1-11(2)16(19)13-8-4-6-10-15(13)21-17(20)12-7-3-5-9-14(12)18;1-8(2)14(18)12(15)5-9-7-16-13-4-3-10(17)6-11(9)13;1-11(2)13(16)7-3-4-8-14(17)12-6-5-9-15-10-12;1-8(2)11(12)10-7-5-4-6-9(10)3;1-10(2,3)7-14-9(12)6-5-8(11)13-4;1-5(2)8(12)6(9)3-4-7(10)11;1-8(2)6-7-9(3,4)5;1-6(2)7(9)4-5-8(10)11-3;1-6(2)7(9)4-3-5-8/h3-11,18H,1-2H3;3-4,6-8,12,16-17H,5,15H2,1-2H3;5-6,9-11H,3-4,7-8H2,1-2H3;4-8H,1-3H3;5-6H,7H2,1-4H3;5-6H,3-4,9H2,1-2H3,(H,10,11);8H,6-7H2,1-5H3;4-6H,1-3H3;6H,3-5,8H2,1-2H3/q;;;;;;+1;;/b;;;;6-5+;;;5-4+;/t;12-;;;;;;;/m.0......./s1. The van der Waals surface area contributed by atoms with E-state index in [1.807, 2.05) is 120 Å². The first-order valence-corrected chi connectivity index (χ1v) is 41.7. The number of methoxy groups -OCH3 is 2. The number of benzene rings is 4. The van der Waals surface area contributed by atoms with E-state index in [9.17, 15) is 72.5 Å². The Morgan fingerprint density at radius 3 is 1.48 bits per heavy atom. The van der Waals surface area contributed by atoms with E-state index in [0.29, 0.717) is 55.7 Å². The van der Waals surface area contributed by atoms with Gasteiger partial charge in [-0.3, -0.25) is 48.1 Å². The number of H-pyrrole nitrogens is 1. The highest BCUT2D eigenvalue weighted by Crippen LogP contribution is 2.27. The molecule has 0 saturated heterocycles. The highest BCUT2D eigenvalue weighted by Gasteiger charge is 2.23. The van der Waals surface area contributed by atoms with Gasteiger partial charge in [-0.2, -0.15) is 0 Å². The number of ether oxygens (including phenoxy) is 4. The summed E-state index contributed by atoms with van der Waals surface area (Å²) in [6.07, 6.45) is 15.7. The number of pyridine rings is 1. The average Bonchev–Trinajstić information content (AvgIpc) is 1.70. The molecule has 2 heterocycles. The number of nitrogens with zero attached hydrogens (tertiary/aromatic N) is 2. The number of para-hydroxylation sites is 2. The number of carboxylic acids is 1. The summed E-state index contributed by atoms with van der Waals surface area (Å²) in [6, 6.07) is 27.9. The number of aryl methyl sites for hydroxylation is 1. The van der Waals surface area contributed by atoms with E-state index in [0.717, 1.165) is 75.5 Å². The van der Waals surface area contributed by atoms with Crippen molar-refractivity contribution in [1.82, 2.24) is 9.97 Å². The van der Waals surface area contributed by atoms with Crippen LogP contribution in [0.25, 0.3) is 10.9 Å². The average molecular weight is 1720 g/mol. The lowest BCUT2D eigenvalue weighted by molar-refractivity contribution is -0.870. The van der Waals surface area contributed by atoms with Gasteiger partial charge in [0.15, 0.2) is 34.7 Å². The molecule has 26 heteroatoms. The fourth-order valence-electron chi connectivity index (χ4n) is 9.69. The van der Waals surface area contributed by atoms with Gasteiger partial charge >= 0.3 is 29.8 Å². The summed E-state index contributed by atoms with van der Waals surface area (Å²) in [4.78, 5) is 153. The summed E-state index contributed by atoms with van der Waals surface area (Å²) in [5.74, 6) is -1.45. The Balaban J connectivity index is -0.00000134. The number of carboxylic acid groups (broad SMARTS) is 1. The molecule has 2 atom stereocenters. The van der Waals surface area contributed by atoms with Gasteiger partial charge in [-0.05, 0) is 135 Å². The molecule has 2 aromatic heterocycles. The Labute approximate surface area is 730 Å². The molecule has 6 aromatic rings. The number of nitrogens with two attached hydrogens (primary N) is 3. The minimum atomic E-state index is -0.915. The van der Waals surface area contributed by atoms with Crippen molar-refractivity contribution >= 4 is 87.0 Å². The molecule has 0 aliphatic heterocycles. The van der Waals surface area contributed by atoms with Crippen molar-refractivity contribution < 1.29 is 101 Å². The smallest absolute Gasteiger partial charge is 0.347 e. The molecule has 0 aliphatic carbocycles. The molecule has 6 rings (SSSR count). The Morgan fingerprint density at radius 2 is 1.02 bits per heavy atom. The highest BCUT2D eigenvalue weighted by atomic mass is 16.5. The maximum absolute atomic E-state index is 12.1. The topological polar surface area (TPSA) is 426 Å². The van der Waals surface area contributed by atoms with E-state index in [2.05, 4.69) is 54.4 Å². The van der Waals surface area contributed by atoms with Crippen LogP contribution in [0.15, 0.2) is 146 Å². The number of aromatic hydroxyl groups is 2. The molecule has 0 fully saturated rings. The number of phenolic OH excluding ortho intramolecular Hbond substituents is 2. The molecule has 10 N–H and O–H groups in total. The molecule has 0 spiro atoms. The number of aromatic amines is 1. The summed E-state index contributed by atoms with van der Waals surface area (Å²) >= 11 is 0. The zero-order valence-electron chi connectivity index (χ0n) is 77.7. The third-order valence-electron chi connectivity index (χ3n) is 17.4. The van der Waals surface area contributed by atoms with Gasteiger partial charge in [-0.1, -0.05) is 180 Å². The third kappa shape index (κ3) is 55.8. The quantitative estimate of drug-likeness (QED) is 0.00369. The van der Waals surface area contributed by atoms with E-state index in [4.69, 9.17) is 31.8 Å². The van der Waals surface area contributed by atoms with Gasteiger partial charge < -0.3 is 60.9 Å². The SMILES string of the molecule is CC(C)C(=O)C(N)CCC(=O)O.CC(C)C(=O)CCCCC(=O)c1cccnc1.CC(C)C(=O)CCCN.CC(C)C(=O)[C@@H](N)Cc1c[nH]c2ccc(O)cc12.CC(C)C(=O)c1ccccc1OC(=O)c1ccccc1O.CC(C)CC[N+](C)(C)C.COC(=O)/C=C/C(=O)C(C)C.COC(=O)/C=C/C(=O)OCC(C)(C)C.Cc1ccccc1C(=O)C(C)C. The fraction of sp³-hybridized carbons (Fsp3) is 0.505. The number of allylic oxidation sites excluding steroid dienone is 1. The number of aromatic nitrogens is 2. The lowest BCUT2D eigenvalue weighted by Crippen LogP contribution is -2.35. The molecule has 0 saturated carbocycles. The first-order chi connectivity index (χ1) is 57.2. The van der Waals surface area contributed by atoms with Crippen LogP contribution in [0, 0.1) is 59.7 Å². The summed E-state index contributed by atoms with van der Waals surface area (Å²) in [5, 5.41) is 28.4. The van der Waals surface area contributed by atoms with Crippen molar-refractivity contribution in [3.05, 3.63) is 179 Å². The minimum Gasteiger partial charge on any atom is -0.508 e. The molecule has 682 valence electrons. The molecular formula is C97H145N6O20+. The second kappa shape index (κ2) is 63.2. The van der Waals surface area contributed by atoms with E-state index in [1.165, 1.54) is 45.4 Å². The number of hydrogen-bond acceptors (Lipinski definition) is 23. The number of hydrogen-bond donors (Lipinski definition) is 7. The minimum absolute atomic E-state index is 0.0420. The summed E-state index contributed by atoms with van der Waals surface area (Å²) in [6.45, 7) is 40.4. The number of aliphatic carboxylic acids is 1. The predicted octanol–water partition coefficient (Wildman–Crippen LogP) is 16.6. The van der Waals surface area contributed by atoms with E-state index in [1.54, 1.807) is 115 Å². The first kappa shape index (κ1) is 116. The molecular weight excluding hydrogens is 1570 g/mol. The maximum Gasteiger partial charge on any atom is 0.347 e. The molecule has 0 radical (unpaired) electrons. The Kier molecular flexibility index (Phi) is 59.8. The van der Waals surface area contributed by atoms with Crippen LogP contribution < -0.4 is 21.9 Å². The number of carbonyl (C=O) groups is 13. The lowest BCUT2D eigenvalue weighted by Gasteiger charge is -2.24. The van der Waals surface area contributed by atoms with Gasteiger partial charge in [-0.25, -0.2) is 19.2 Å². The van der Waals surface area contributed by atoms with Crippen molar-refractivity contribution in [2.75, 3.05) is 55.1 Å². The normalized spacial score (nSPS) is 11.3. The molecule has 1 unspecified atom stereocenters. The zero-order chi connectivity index (χ0) is 95.0. The first-order valence-electron chi connectivity index (χ1n) is 41.7. The van der Waals surface area contributed by atoms with Gasteiger partial charge in [-0.15, -0.1) is 0 Å². The predicted molar refractivity (Wildman–Crippen MR) is 485 cm³/mol. The van der Waals surface area contributed by atoms with Crippen LogP contribution >= 0.6 is 0 Å². The Bertz CT molecular complexity index is 4270. The van der Waals surface area contributed by atoms with Crippen molar-refractivity contribution in [3.63, 3.8) is 0 Å². The molecule has 123 heavy (non-hydrogen) atoms. The van der Waals surface area contributed by atoms with Gasteiger partial charge in [0.1, 0.15) is 34.4 Å². The van der Waals surface area contributed by atoms with Crippen LogP contribution in [0.3, 0.4) is 0 Å². The molecule has 26 nitrogen and oxygen atoms in total. The van der Waals surface area contributed by atoms with E-state index >= 15 is 0 Å². The highest BCUT2D eigenvalue weighted by molar-refractivity contribution is 6.02. The molecule has 0 bridgehead atoms. The lowest BCUT2D eigenvalue weighted by atomic mass is 9.96. The van der Waals surface area contributed by atoms with Crippen LogP contribution in [0.4, 0.5) is 0 Å². The summed E-state index contributed by atoms with van der Waals surface area (Å²) < 4.78 is 19.8. The summed E-state index contributed by atoms with van der Waals surface area (Å²) in [5.41, 5.74) is 21.4. The number of carbonyl (C=O) groups excluding carboxylic acids is 12. The van der Waals surface area contributed by atoms with Crippen LogP contribution in [-0.4, -0.2) is 173 Å². The monoisotopic (exact) mass is 1710 g/mol. The second-order valence-electron chi connectivity index (χ2n) is 33.9. The number of nitrogens with one attached hydrogen (secondary N) is 1. The van der Waals surface area contributed by atoms with Crippen molar-refractivity contribution in [2.45, 2.75) is 215 Å². The van der Waals surface area contributed by atoms with Crippen LogP contribution in [0.1, 0.15) is 242 Å². The van der Waals surface area contributed by atoms with E-state index < -0.39 is 41.9 Å². The molecule has 0 aliphatic rings. The number of phenols is 2. The third-order valence-corrected chi connectivity index (χ3v) is 17.4. The van der Waals surface area contributed by atoms with Gasteiger partial charge in [0.25, 0.3) is 0 Å². The van der Waals surface area contributed by atoms with Crippen LogP contribution in [0.5, 0.6) is 17.2 Å². The fourth-order valence-corrected chi connectivity index (χ4v) is 9.69. The number of fused-ring (bicyclic) bond motifs is 1. The number of esters is 4. The number of ketones is 8. The van der Waals surface area contributed by atoms with Gasteiger partial charge in [0.2, 0.25) is 0 Å². The molecule has 0 amide bonds. The Morgan fingerprint density at radius 1 is 0.537 bits per heavy atom. The maximum atomic E-state index is 12.1. The number of Topliss-reactive ketones (excluding diaryl/α,β-unsaturated/α-hetero) is 7. The second-order valence-corrected chi connectivity index (χ2v) is 33.9. The summed E-state index contributed by atoms with van der Waals surface area (Å²) in [7, 11) is 9.23. The number of unbranched alkanes of at least 4 members (excludes halogenated alkanes) is 1. The van der Waals surface area contributed by atoms with Crippen LogP contribution in [0.2, 0.25) is 0 Å². The van der Waals surface area contributed by atoms with Gasteiger partial charge in [0.05, 0.1) is 66.2 Å². The number of rotatable bonds is 35. The van der Waals surface area contributed by atoms with Gasteiger partial charge in [0, 0.05) is 126 Å². The van der Waals surface area contributed by atoms with Crippen molar-refractivity contribution in [2.24, 2.45) is 70.0 Å². The van der Waals surface area contributed by atoms with Crippen molar-refractivity contribution in [1.29, 1.82) is 0 Å². The number of quaternary nitrogens is 1. The van der Waals surface area contributed by atoms with Crippen molar-refractivity contribution in [3.8, 4) is 17.2 Å². The van der Waals surface area contributed by atoms with E-state index in [-0.39, 0.29) is 123 Å².